The topological polar surface area (TPSA) is 108 Å². The Balaban J connectivity index is 4.56. The van der Waals surface area contributed by atoms with Crippen molar-refractivity contribution in [2.45, 2.75) is 180 Å². The molecule has 0 rings (SSSR count). The molecule has 3 atom stereocenters. The number of allylic oxidation sites excluding steroid dienone is 11. The monoisotopic (exact) mass is 805 g/mol. The van der Waals surface area contributed by atoms with Crippen molar-refractivity contribution < 1.29 is 32.9 Å². The molecule has 0 bridgehead atoms. The Labute approximate surface area is 344 Å². The first-order valence-electron chi connectivity index (χ1n) is 22.3. The number of nitrogens with one attached hydrogen (secondary N) is 1. The van der Waals surface area contributed by atoms with Crippen molar-refractivity contribution in [3.05, 3.63) is 72.9 Å². The number of amides is 1. The minimum atomic E-state index is -4.61. The lowest BCUT2D eigenvalue weighted by Crippen LogP contribution is -2.45. The predicted molar refractivity (Wildman–Crippen MR) is 237 cm³/mol. The zero-order valence-corrected chi connectivity index (χ0v) is 37.5. The molecule has 0 heterocycles. The minimum absolute atomic E-state index is 0.0200. The molecule has 0 aromatic heterocycles. The fourth-order valence-electron chi connectivity index (χ4n) is 5.81. The second-order valence-electron chi connectivity index (χ2n) is 16.0. The average Bonchev–Trinajstić information content (AvgIpc) is 3.15. The van der Waals surface area contributed by atoms with Gasteiger partial charge in [-0.05, 0) is 70.6 Å². The summed E-state index contributed by atoms with van der Waals surface area (Å²) in [4.78, 5) is 25.2. The SMILES string of the molecule is CCCCCCCCC/C=C/C/C=C/C/C=C/C/C=C/CCCC(=O)N[C@@H](COP(=O)([O-])OCC[N+](C)(C)C)[C@H](O)/C=C/CC/C=C/CCCCCCCCC. The normalized spacial score (nSPS) is 15.1. The summed E-state index contributed by atoms with van der Waals surface area (Å²) in [5.74, 6) is -0.265. The highest BCUT2D eigenvalue weighted by Gasteiger charge is 2.23. The molecule has 0 radical (unpaired) electrons. The molecular weight excluding hydrogens is 719 g/mol. The third kappa shape index (κ3) is 40.1. The molecule has 56 heavy (non-hydrogen) atoms. The number of quaternary nitrogens is 1. The van der Waals surface area contributed by atoms with Crippen molar-refractivity contribution in [2.75, 3.05) is 40.9 Å². The summed E-state index contributed by atoms with van der Waals surface area (Å²) in [7, 11) is 1.20. The maximum Gasteiger partial charge on any atom is 0.268 e. The molecule has 9 heteroatoms. The second kappa shape index (κ2) is 38.5. The molecule has 0 aliphatic rings. The van der Waals surface area contributed by atoms with Gasteiger partial charge in [-0.2, -0.15) is 0 Å². The third-order valence-corrected chi connectivity index (χ3v) is 10.4. The number of unbranched alkanes of at least 4 members (excludes halogenated alkanes) is 16. The molecule has 0 aromatic rings. The first-order chi connectivity index (χ1) is 27.0. The lowest BCUT2D eigenvalue weighted by molar-refractivity contribution is -0.870. The van der Waals surface area contributed by atoms with Crippen LogP contribution < -0.4 is 10.2 Å². The van der Waals surface area contributed by atoms with Crippen LogP contribution in [0.15, 0.2) is 72.9 Å². The Hall–Kier alpha value is -2.06. The van der Waals surface area contributed by atoms with Crippen molar-refractivity contribution in [3.63, 3.8) is 0 Å². The van der Waals surface area contributed by atoms with Crippen molar-refractivity contribution >= 4 is 13.7 Å². The van der Waals surface area contributed by atoms with Crippen molar-refractivity contribution in [1.82, 2.24) is 5.32 Å². The second-order valence-corrected chi connectivity index (χ2v) is 17.4. The summed E-state index contributed by atoms with van der Waals surface area (Å²) in [6.45, 7) is 4.54. The highest BCUT2D eigenvalue weighted by Crippen LogP contribution is 2.38. The van der Waals surface area contributed by atoms with Gasteiger partial charge in [-0.15, -0.1) is 0 Å². The molecule has 1 unspecified atom stereocenters. The molecule has 0 aliphatic heterocycles. The van der Waals surface area contributed by atoms with E-state index in [0.717, 1.165) is 44.9 Å². The number of aliphatic hydroxyl groups excluding tert-OH is 1. The number of hydrogen-bond donors (Lipinski definition) is 2. The summed E-state index contributed by atoms with van der Waals surface area (Å²) in [5.41, 5.74) is 0. The smallest absolute Gasteiger partial charge is 0.268 e. The van der Waals surface area contributed by atoms with Crippen LogP contribution in [0.2, 0.25) is 0 Å². The molecule has 0 spiro atoms. The van der Waals surface area contributed by atoms with Gasteiger partial charge >= 0.3 is 0 Å². The number of hydrogen-bond acceptors (Lipinski definition) is 6. The minimum Gasteiger partial charge on any atom is -0.756 e. The zero-order valence-electron chi connectivity index (χ0n) is 36.6. The standard InChI is InChI=1S/C47H85N2O6P/c1-6-8-10-12-14-16-18-20-21-22-23-24-25-26-27-29-31-33-35-37-39-41-47(51)48-45(44-55-56(52,53)54-43-42-49(3,4)5)46(50)40-38-36-34-32-30-28-19-17-15-13-11-9-7-2/h21-22,24-25,27,29-30,32-33,35,38,40,45-46,50H,6-20,23,26,28,31,34,36-37,39,41-44H2,1-5H3,(H-,48,51,52,53)/b22-21+,25-24+,29-27+,32-30+,35-33+,40-38+/t45-,46+/m0/s1. The van der Waals surface area contributed by atoms with E-state index in [1.54, 1.807) is 6.08 Å². The molecular formula is C47H85N2O6P. The first kappa shape index (κ1) is 53.9. The highest BCUT2D eigenvalue weighted by molar-refractivity contribution is 7.45. The highest BCUT2D eigenvalue weighted by atomic mass is 31.2. The molecule has 1 amide bonds. The van der Waals surface area contributed by atoms with Gasteiger partial charge in [-0.3, -0.25) is 9.36 Å². The number of rotatable bonds is 39. The average molecular weight is 805 g/mol. The Morgan fingerprint density at radius 3 is 1.57 bits per heavy atom. The summed E-state index contributed by atoms with van der Waals surface area (Å²) in [6, 6.07) is -0.934. The third-order valence-electron chi connectivity index (χ3n) is 9.39. The van der Waals surface area contributed by atoms with Crippen LogP contribution in [0.1, 0.15) is 168 Å². The van der Waals surface area contributed by atoms with Crippen molar-refractivity contribution in [2.24, 2.45) is 0 Å². The van der Waals surface area contributed by atoms with Crippen LogP contribution >= 0.6 is 7.82 Å². The van der Waals surface area contributed by atoms with E-state index >= 15 is 0 Å². The maximum atomic E-state index is 12.8. The summed E-state index contributed by atoms with van der Waals surface area (Å²) < 4.78 is 23.1. The van der Waals surface area contributed by atoms with Crippen LogP contribution in [-0.4, -0.2) is 68.5 Å². The van der Waals surface area contributed by atoms with Crippen LogP contribution in [0.3, 0.4) is 0 Å². The van der Waals surface area contributed by atoms with Crippen LogP contribution in [0.4, 0.5) is 0 Å². The molecule has 0 aliphatic carbocycles. The van der Waals surface area contributed by atoms with Gasteiger partial charge in [0.15, 0.2) is 0 Å². The summed E-state index contributed by atoms with van der Waals surface area (Å²) in [6.07, 6.45) is 51.1. The van der Waals surface area contributed by atoms with Gasteiger partial charge in [0.2, 0.25) is 5.91 Å². The number of carbonyl (C=O) groups excluding carboxylic acids is 1. The van der Waals surface area contributed by atoms with Crippen molar-refractivity contribution in [1.29, 1.82) is 0 Å². The van der Waals surface area contributed by atoms with Gasteiger partial charge in [0.1, 0.15) is 13.2 Å². The number of carbonyl (C=O) groups is 1. The lowest BCUT2D eigenvalue weighted by atomic mass is 10.1. The van der Waals surface area contributed by atoms with Crippen LogP contribution in [0.5, 0.6) is 0 Å². The fourth-order valence-corrected chi connectivity index (χ4v) is 6.53. The Kier molecular flexibility index (Phi) is 37.0. The largest absolute Gasteiger partial charge is 0.756 e. The van der Waals surface area contributed by atoms with E-state index in [0.29, 0.717) is 17.4 Å². The number of phosphoric acid groups is 1. The van der Waals surface area contributed by atoms with Crippen LogP contribution in [0.25, 0.3) is 0 Å². The van der Waals surface area contributed by atoms with E-state index in [9.17, 15) is 19.4 Å². The molecule has 8 nitrogen and oxygen atoms in total. The molecule has 0 fully saturated rings. The van der Waals surface area contributed by atoms with Gasteiger partial charge in [0, 0.05) is 6.42 Å². The quantitative estimate of drug-likeness (QED) is 0.0277. The molecule has 0 saturated carbocycles. The van der Waals surface area contributed by atoms with Gasteiger partial charge in [0.25, 0.3) is 7.82 Å². The van der Waals surface area contributed by atoms with Gasteiger partial charge in [0.05, 0.1) is 39.9 Å². The lowest BCUT2D eigenvalue weighted by Gasteiger charge is -2.29. The Bertz CT molecular complexity index is 1140. The van der Waals surface area contributed by atoms with E-state index in [1.165, 1.54) is 96.3 Å². The molecule has 0 saturated heterocycles. The molecule has 2 N–H and O–H groups in total. The van der Waals surface area contributed by atoms with E-state index in [-0.39, 0.29) is 18.9 Å². The fraction of sp³-hybridized carbons (Fsp3) is 0.723. The summed E-state index contributed by atoms with van der Waals surface area (Å²) >= 11 is 0. The van der Waals surface area contributed by atoms with E-state index in [4.69, 9.17) is 9.05 Å². The number of nitrogens with zero attached hydrogens (tertiary/aromatic N) is 1. The number of aliphatic hydroxyl groups is 1. The van der Waals surface area contributed by atoms with Gasteiger partial charge < -0.3 is 28.8 Å². The van der Waals surface area contributed by atoms with Crippen molar-refractivity contribution in [3.8, 4) is 0 Å². The Morgan fingerprint density at radius 2 is 1.05 bits per heavy atom. The maximum absolute atomic E-state index is 12.8. The Morgan fingerprint density at radius 1 is 0.625 bits per heavy atom. The van der Waals surface area contributed by atoms with Gasteiger partial charge in [-0.25, -0.2) is 0 Å². The molecule has 324 valence electrons. The van der Waals surface area contributed by atoms with E-state index in [2.05, 4.69) is 79.9 Å². The number of phosphoric ester groups is 1. The van der Waals surface area contributed by atoms with Gasteiger partial charge in [-0.1, -0.05) is 164 Å². The number of likely N-dealkylation sites (N-methyl/N-ethyl adjacent to an activating group) is 1. The first-order valence-corrected chi connectivity index (χ1v) is 23.8. The van der Waals surface area contributed by atoms with Crippen LogP contribution in [-0.2, 0) is 18.4 Å². The van der Waals surface area contributed by atoms with Crippen LogP contribution in [0, 0.1) is 0 Å². The molecule has 0 aromatic carbocycles. The predicted octanol–water partition coefficient (Wildman–Crippen LogP) is 11.8. The summed E-state index contributed by atoms with van der Waals surface area (Å²) in [5, 5.41) is 13.7. The zero-order chi connectivity index (χ0) is 41.4. The van der Waals surface area contributed by atoms with E-state index in [1.807, 2.05) is 27.2 Å². The van der Waals surface area contributed by atoms with E-state index < -0.39 is 26.6 Å².